The molecule has 0 aliphatic carbocycles. The minimum atomic E-state index is -0.492. The monoisotopic (exact) mass is 225 g/mol. The summed E-state index contributed by atoms with van der Waals surface area (Å²) in [5.74, 6) is 0. The zero-order valence-electron chi connectivity index (χ0n) is 10.5. The second-order valence-electron chi connectivity index (χ2n) is 4.74. The van der Waals surface area contributed by atoms with Gasteiger partial charge in [0.15, 0.2) is 0 Å². The third-order valence-corrected chi connectivity index (χ3v) is 6.61. The lowest BCUT2D eigenvalue weighted by Crippen LogP contribution is -2.31. The van der Waals surface area contributed by atoms with Gasteiger partial charge in [0, 0.05) is 0 Å². The van der Waals surface area contributed by atoms with Gasteiger partial charge in [0.05, 0.1) is 8.80 Å². The summed E-state index contributed by atoms with van der Waals surface area (Å²) in [6.45, 7) is 8.61. The number of nitrogens with zero attached hydrogens (tertiary/aromatic N) is 1. The van der Waals surface area contributed by atoms with E-state index >= 15 is 0 Å². The van der Waals surface area contributed by atoms with Crippen LogP contribution >= 0.6 is 0 Å². The predicted molar refractivity (Wildman–Crippen MR) is 72.2 cm³/mol. The van der Waals surface area contributed by atoms with E-state index in [2.05, 4.69) is 30.5 Å². The summed E-state index contributed by atoms with van der Waals surface area (Å²) in [5.41, 5.74) is 2.51. The first kappa shape index (κ1) is 13.0. The molecule has 1 fully saturated rings. The number of piperidine rings is 1. The molecule has 1 heterocycles. The van der Waals surface area contributed by atoms with Crippen LogP contribution in [0.1, 0.15) is 39.5 Å². The Morgan fingerprint density at radius 2 is 1.93 bits per heavy atom. The van der Waals surface area contributed by atoms with Crippen molar-refractivity contribution in [1.29, 1.82) is 0 Å². The second kappa shape index (κ2) is 8.11. The highest BCUT2D eigenvalue weighted by atomic mass is 28.3. The van der Waals surface area contributed by atoms with Crippen LogP contribution in [0.4, 0.5) is 0 Å². The standard InChI is InChI=1S/C13H27NSi/c1-3-12-15(4-2)13-8-11-14-9-6-5-7-10-14/h3,12,15H,4-11,13H2,1-2H3. The van der Waals surface area contributed by atoms with Gasteiger partial charge in [0.1, 0.15) is 0 Å². The van der Waals surface area contributed by atoms with Gasteiger partial charge in [0.25, 0.3) is 0 Å². The molecule has 0 aromatic rings. The van der Waals surface area contributed by atoms with Crippen molar-refractivity contribution in [2.75, 3.05) is 19.6 Å². The van der Waals surface area contributed by atoms with Crippen molar-refractivity contribution in [3.05, 3.63) is 11.8 Å². The van der Waals surface area contributed by atoms with Crippen molar-refractivity contribution in [1.82, 2.24) is 4.90 Å². The number of rotatable bonds is 6. The Labute approximate surface area is 97.2 Å². The molecule has 0 aromatic heterocycles. The summed E-state index contributed by atoms with van der Waals surface area (Å²) in [4.78, 5) is 2.67. The molecule has 0 bridgehead atoms. The van der Waals surface area contributed by atoms with E-state index in [0.717, 1.165) is 0 Å². The third-order valence-electron chi connectivity index (χ3n) is 3.49. The zero-order valence-corrected chi connectivity index (χ0v) is 11.7. The SMILES string of the molecule is CC=C[SiH](CC)CCCN1CCCCC1. The highest BCUT2D eigenvalue weighted by molar-refractivity contribution is 6.64. The lowest BCUT2D eigenvalue weighted by molar-refractivity contribution is 0.229. The molecule has 0 N–H and O–H groups in total. The fraction of sp³-hybridized carbons (Fsp3) is 0.846. The molecule has 0 spiro atoms. The van der Waals surface area contributed by atoms with Crippen molar-refractivity contribution >= 4 is 8.80 Å². The van der Waals surface area contributed by atoms with E-state index in [-0.39, 0.29) is 0 Å². The van der Waals surface area contributed by atoms with Gasteiger partial charge >= 0.3 is 0 Å². The average Bonchev–Trinajstić information content (AvgIpc) is 2.29. The fourth-order valence-corrected chi connectivity index (χ4v) is 4.59. The molecule has 0 aromatic carbocycles. The molecule has 0 amide bonds. The van der Waals surface area contributed by atoms with Crippen LogP contribution in [0.25, 0.3) is 0 Å². The molecule has 1 nitrogen and oxygen atoms in total. The lowest BCUT2D eigenvalue weighted by Gasteiger charge is -2.26. The highest BCUT2D eigenvalue weighted by Gasteiger charge is 2.10. The van der Waals surface area contributed by atoms with Gasteiger partial charge in [0.2, 0.25) is 0 Å². The Balaban J connectivity index is 2.08. The summed E-state index contributed by atoms with van der Waals surface area (Å²) < 4.78 is 0. The van der Waals surface area contributed by atoms with Crippen LogP contribution < -0.4 is 0 Å². The van der Waals surface area contributed by atoms with Crippen molar-refractivity contribution in [3.63, 3.8) is 0 Å². The Morgan fingerprint density at radius 1 is 1.20 bits per heavy atom. The summed E-state index contributed by atoms with van der Waals surface area (Å²) in [7, 11) is -0.492. The smallest absolute Gasteiger partial charge is 0.0608 e. The molecule has 1 aliphatic heterocycles. The van der Waals surface area contributed by atoms with Crippen LogP contribution in [0, 0.1) is 0 Å². The van der Waals surface area contributed by atoms with Crippen molar-refractivity contribution in [2.24, 2.45) is 0 Å². The van der Waals surface area contributed by atoms with Crippen molar-refractivity contribution in [2.45, 2.75) is 51.6 Å². The lowest BCUT2D eigenvalue weighted by atomic mass is 10.1. The second-order valence-corrected chi connectivity index (χ2v) is 8.04. The molecule has 0 radical (unpaired) electrons. The van der Waals surface area contributed by atoms with Gasteiger partial charge in [-0.15, -0.1) is 5.70 Å². The summed E-state index contributed by atoms with van der Waals surface area (Å²) in [5, 5.41) is 0. The fourth-order valence-electron chi connectivity index (χ4n) is 2.47. The maximum Gasteiger partial charge on any atom is 0.0608 e. The topological polar surface area (TPSA) is 3.24 Å². The first-order chi connectivity index (χ1) is 7.36. The molecule has 88 valence electrons. The number of allylic oxidation sites excluding steroid dienone is 1. The van der Waals surface area contributed by atoms with Gasteiger partial charge in [-0.1, -0.05) is 31.5 Å². The van der Waals surface area contributed by atoms with Crippen LogP contribution in [0.15, 0.2) is 11.8 Å². The molecule has 0 saturated carbocycles. The summed E-state index contributed by atoms with van der Waals surface area (Å²) >= 11 is 0. The Kier molecular flexibility index (Phi) is 7.02. The van der Waals surface area contributed by atoms with Crippen LogP contribution in [0.5, 0.6) is 0 Å². The number of hydrogen-bond donors (Lipinski definition) is 0. The molecule has 1 aliphatic rings. The molecular weight excluding hydrogens is 198 g/mol. The van der Waals surface area contributed by atoms with Gasteiger partial charge in [-0.25, -0.2) is 0 Å². The first-order valence-corrected chi connectivity index (χ1v) is 9.02. The van der Waals surface area contributed by atoms with E-state index in [1.807, 2.05) is 0 Å². The highest BCUT2D eigenvalue weighted by Crippen LogP contribution is 2.11. The van der Waals surface area contributed by atoms with E-state index in [0.29, 0.717) is 0 Å². The van der Waals surface area contributed by atoms with Gasteiger partial charge in [-0.05, 0) is 45.8 Å². The quantitative estimate of drug-likeness (QED) is 0.627. The normalized spacial score (nSPS) is 20.9. The Hall–Kier alpha value is -0.0831. The van der Waals surface area contributed by atoms with E-state index in [1.54, 1.807) is 0 Å². The molecule has 1 unspecified atom stereocenters. The maximum absolute atomic E-state index is 2.67. The van der Waals surface area contributed by atoms with Crippen molar-refractivity contribution in [3.8, 4) is 0 Å². The Morgan fingerprint density at radius 3 is 2.53 bits per heavy atom. The molecule has 1 saturated heterocycles. The van der Waals surface area contributed by atoms with E-state index in [4.69, 9.17) is 0 Å². The maximum atomic E-state index is 2.67. The zero-order chi connectivity index (χ0) is 10.9. The van der Waals surface area contributed by atoms with E-state index < -0.39 is 8.80 Å². The largest absolute Gasteiger partial charge is 0.303 e. The van der Waals surface area contributed by atoms with Gasteiger partial charge in [-0.3, -0.25) is 0 Å². The molecule has 15 heavy (non-hydrogen) atoms. The van der Waals surface area contributed by atoms with Crippen LogP contribution in [-0.4, -0.2) is 33.3 Å². The number of likely N-dealkylation sites (tertiary alicyclic amines) is 1. The van der Waals surface area contributed by atoms with Crippen molar-refractivity contribution < 1.29 is 0 Å². The Bertz CT molecular complexity index is 173. The van der Waals surface area contributed by atoms with E-state index in [1.165, 1.54) is 57.4 Å². The third kappa shape index (κ3) is 5.52. The van der Waals surface area contributed by atoms with E-state index in [9.17, 15) is 0 Å². The summed E-state index contributed by atoms with van der Waals surface area (Å²) in [6.07, 6.45) is 8.03. The molecule has 2 heteroatoms. The van der Waals surface area contributed by atoms with Crippen LogP contribution in [0.2, 0.25) is 12.1 Å². The average molecular weight is 225 g/mol. The number of hydrogen-bond acceptors (Lipinski definition) is 1. The summed E-state index contributed by atoms with van der Waals surface area (Å²) in [6, 6.07) is 2.95. The first-order valence-electron chi connectivity index (χ1n) is 6.72. The molecular formula is C13H27NSi. The predicted octanol–water partition coefficient (Wildman–Crippen LogP) is 3.22. The molecule has 1 atom stereocenters. The van der Waals surface area contributed by atoms with Crippen LogP contribution in [0.3, 0.4) is 0 Å². The van der Waals surface area contributed by atoms with Crippen LogP contribution in [-0.2, 0) is 0 Å². The van der Waals surface area contributed by atoms with Gasteiger partial charge < -0.3 is 4.90 Å². The minimum Gasteiger partial charge on any atom is -0.303 e. The van der Waals surface area contributed by atoms with Gasteiger partial charge in [-0.2, -0.15) is 0 Å². The minimum absolute atomic E-state index is 0.492. The molecule has 1 rings (SSSR count).